The van der Waals surface area contributed by atoms with E-state index in [0.717, 1.165) is 28.6 Å². The highest BCUT2D eigenvalue weighted by molar-refractivity contribution is 7.80. The molecule has 84 valence electrons. The Labute approximate surface area is 86.9 Å². The fourth-order valence-electron chi connectivity index (χ4n) is 0.951. The third-order valence-corrected chi connectivity index (χ3v) is 2.47. The fraction of sp³-hybridized carbons (Fsp3) is 0.250. The van der Waals surface area contributed by atoms with Crippen LogP contribution in [0.3, 0.4) is 0 Å². The molecule has 0 saturated carbocycles. The van der Waals surface area contributed by atoms with E-state index >= 15 is 0 Å². The molecule has 1 aromatic carbocycles. The van der Waals surface area contributed by atoms with Gasteiger partial charge >= 0.3 is 6.18 Å². The van der Waals surface area contributed by atoms with Crippen molar-refractivity contribution in [3.8, 4) is 0 Å². The van der Waals surface area contributed by atoms with Gasteiger partial charge in [-0.05, 0) is 24.3 Å². The Morgan fingerprint density at radius 1 is 1.27 bits per heavy atom. The highest BCUT2D eigenvalue weighted by atomic mass is 32.2. The maximum atomic E-state index is 12.2. The van der Waals surface area contributed by atoms with E-state index in [1.54, 1.807) is 0 Å². The second-order valence-electron chi connectivity index (χ2n) is 2.77. The van der Waals surface area contributed by atoms with Crippen LogP contribution in [-0.2, 0) is 17.4 Å². The summed E-state index contributed by atoms with van der Waals surface area (Å²) in [6.45, 7) is 0. The molecule has 3 nitrogen and oxygen atoms in total. The van der Waals surface area contributed by atoms with E-state index in [2.05, 4.69) is 0 Å². The SMILES string of the molecule is CN(c1ccc(C(F)(F)F)cc1)S(=O)O. The summed E-state index contributed by atoms with van der Waals surface area (Å²) in [6, 6.07) is 3.99. The molecule has 1 aromatic rings. The molecule has 0 aliphatic rings. The van der Waals surface area contributed by atoms with Gasteiger partial charge in [0.05, 0.1) is 11.3 Å². The Kier molecular flexibility index (Phi) is 3.35. The third kappa shape index (κ3) is 2.93. The molecular weight excluding hydrogens is 231 g/mol. The van der Waals surface area contributed by atoms with Gasteiger partial charge in [-0.3, -0.25) is 8.86 Å². The van der Waals surface area contributed by atoms with Gasteiger partial charge in [-0.1, -0.05) is 0 Å². The molecule has 1 N–H and O–H groups in total. The summed E-state index contributed by atoms with van der Waals surface area (Å²) in [7, 11) is 1.30. The molecule has 0 amide bonds. The molecule has 1 rings (SSSR count). The van der Waals surface area contributed by atoms with Crippen molar-refractivity contribution in [2.24, 2.45) is 0 Å². The zero-order chi connectivity index (χ0) is 11.6. The quantitative estimate of drug-likeness (QED) is 0.804. The van der Waals surface area contributed by atoms with Crippen molar-refractivity contribution in [2.75, 3.05) is 11.4 Å². The van der Waals surface area contributed by atoms with Crippen LogP contribution in [0.5, 0.6) is 0 Å². The predicted molar refractivity (Wildman–Crippen MR) is 50.6 cm³/mol. The number of anilines is 1. The predicted octanol–water partition coefficient (Wildman–Crippen LogP) is 2.28. The van der Waals surface area contributed by atoms with Gasteiger partial charge in [0.1, 0.15) is 0 Å². The average molecular weight is 239 g/mol. The lowest BCUT2D eigenvalue weighted by molar-refractivity contribution is -0.137. The number of halogens is 3. The highest BCUT2D eigenvalue weighted by Crippen LogP contribution is 2.30. The third-order valence-electron chi connectivity index (χ3n) is 1.79. The lowest BCUT2D eigenvalue weighted by atomic mass is 10.2. The van der Waals surface area contributed by atoms with E-state index in [1.807, 2.05) is 0 Å². The number of nitrogens with zero attached hydrogens (tertiary/aromatic N) is 1. The molecule has 0 fully saturated rings. The zero-order valence-corrected chi connectivity index (χ0v) is 8.47. The van der Waals surface area contributed by atoms with Crippen LogP contribution in [0.1, 0.15) is 5.56 Å². The minimum Gasteiger partial charge on any atom is -0.289 e. The van der Waals surface area contributed by atoms with Gasteiger partial charge in [0.15, 0.2) is 0 Å². The van der Waals surface area contributed by atoms with E-state index in [9.17, 15) is 17.4 Å². The van der Waals surface area contributed by atoms with Crippen molar-refractivity contribution in [3.63, 3.8) is 0 Å². The lowest BCUT2D eigenvalue weighted by Crippen LogP contribution is -2.19. The topological polar surface area (TPSA) is 40.5 Å². The Hall–Kier alpha value is -1.08. The van der Waals surface area contributed by atoms with E-state index in [-0.39, 0.29) is 5.69 Å². The molecule has 1 unspecified atom stereocenters. The Bertz CT molecular complexity index is 363. The van der Waals surface area contributed by atoms with Crippen LogP contribution in [0.4, 0.5) is 18.9 Å². The molecule has 0 aromatic heterocycles. The number of rotatable bonds is 2. The van der Waals surface area contributed by atoms with Crippen molar-refractivity contribution in [1.29, 1.82) is 0 Å². The van der Waals surface area contributed by atoms with Crippen LogP contribution >= 0.6 is 0 Å². The first-order valence-electron chi connectivity index (χ1n) is 3.84. The highest BCUT2D eigenvalue weighted by Gasteiger charge is 2.30. The van der Waals surface area contributed by atoms with Crippen molar-refractivity contribution in [3.05, 3.63) is 29.8 Å². The summed E-state index contributed by atoms with van der Waals surface area (Å²) < 4.78 is 56.7. The van der Waals surface area contributed by atoms with Gasteiger partial charge < -0.3 is 0 Å². The molecule has 1 atom stereocenters. The summed E-state index contributed by atoms with van der Waals surface area (Å²) in [6.07, 6.45) is -4.39. The normalized spacial score (nSPS) is 13.7. The van der Waals surface area contributed by atoms with Crippen LogP contribution in [-0.4, -0.2) is 15.8 Å². The maximum Gasteiger partial charge on any atom is 0.416 e. The first-order valence-corrected chi connectivity index (χ1v) is 4.90. The van der Waals surface area contributed by atoms with E-state index in [1.165, 1.54) is 7.05 Å². The summed E-state index contributed by atoms with van der Waals surface area (Å²) in [5.74, 6) is 0. The molecule has 0 heterocycles. The summed E-state index contributed by atoms with van der Waals surface area (Å²) in [5, 5.41) is 0. The molecule has 0 spiro atoms. The van der Waals surface area contributed by atoms with Gasteiger partial charge in [0.2, 0.25) is 0 Å². The van der Waals surface area contributed by atoms with Crippen LogP contribution in [0, 0.1) is 0 Å². The average Bonchev–Trinajstić information content (AvgIpc) is 2.15. The minimum absolute atomic E-state index is 0.240. The van der Waals surface area contributed by atoms with Crippen molar-refractivity contribution >= 4 is 17.0 Å². The molecular formula is C8H8F3NO2S. The second kappa shape index (κ2) is 4.19. The van der Waals surface area contributed by atoms with E-state index in [0.29, 0.717) is 0 Å². The van der Waals surface area contributed by atoms with Gasteiger partial charge in [-0.25, -0.2) is 4.21 Å². The first kappa shape index (κ1) is 12.0. The van der Waals surface area contributed by atoms with Crippen LogP contribution in [0.15, 0.2) is 24.3 Å². The Balaban J connectivity index is 2.95. The number of hydrogen-bond donors (Lipinski definition) is 1. The van der Waals surface area contributed by atoms with Gasteiger partial charge in [0, 0.05) is 7.05 Å². The van der Waals surface area contributed by atoms with Gasteiger partial charge in [-0.2, -0.15) is 13.2 Å². The fourth-order valence-corrected chi connectivity index (χ4v) is 1.25. The van der Waals surface area contributed by atoms with Crippen LogP contribution in [0.25, 0.3) is 0 Å². The lowest BCUT2D eigenvalue weighted by Gasteiger charge is -2.14. The molecule has 0 radical (unpaired) electrons. The second-order valence-corrected chi connectivity index (χ2v) is 3.78. The summed E-state index contributed by atoms with van der Waals surface area (Å²) >= 11 is -2.24. The minimum atomic E-state index is -4.39. The Morgan fingerprint density at radius 3 is 2.07 bits per heavy atom. The van der Waals surface area contributed by atoms with Gasteiger partial charge in [-0.15, -0.1) is 0 Å². The van der Waals surface area contributed by atoms with Crippen LogP contribution in [0.2, 0.25) is 0 Å². The molecule has 0 bridgehead atoms. The van der Waals surface area contributed by atoms with Gasteiger partial charge in [0.25, 0.3) is 11.3 Å². The van der Waals surface area contributed by atoms with Crippen molar-refractivity contribution < 1.29 is 21.9 Å². The number of hydrogen-bond acceptors (Lipinski definition) is 1. The Morgan fingerprint density at radius 2 is 1.73 bits per heavy atom. The first-order chi connectivity index (χ1) is 6.82. The number of benzene rings is 1. The van der Waals surface area contributed by atoms with E-state index < -0.39 is 23.0 Å². The van der Waals surface area contributed by atoms with Crippen LogP contribution < -0.4 is 4.31 Å². The van der Waals surface area contributed by atoms with E-state index in [4.69, 9.17) is 4.55 Å². The largest absolute Gasteiger partial charge is 0.416 e. The molecule has 0 aliphatic carbocycles. The maximum absolute atomic E-state index is 12.2. The molecule has 15 heavy (non-hydrogen) atoms. The molecule has 0 saturated heterocycles. The standard InChI is InChI=1S/C8H8F3NO2S/c1-12(15(13)14)7-4-2-6(3-5-7)8(9,10)11/h2-5H,1H3,(H,13,14). The van der Waals surface area contributed by atoms with Crippen molar-refractivity contribution in [1.82, 2.24) is 0 Å². The summed E-state index contributed by atoms with van der Waals surface area (Å²) in [4.78, 5) is 0. The molecule has 0 aliphatic heterocycles. The monoisotopic (exact) mass is 239 g/mol. The summed E-state index contributed by atoms with van der Waals surface area (Å²) in [5.41, 5.74) is -0.549. The zero-order valence-electron chi connectivity index (χ0n) is 7.65. The smallest absolute Gasteiger partial charge is 0.289 e. The number of alkyl halides is 3. The van der Waals surface area contributed by atoms with Crippen molar-refractivity contribution in [2.45, 2.75) is 6.18 Å². The molecule has 7 heteroatoms.